The van der Waals surface area contributed by atoms with Crippen LogP contribution < -0.4 is 4.90 Å². The predicted octanol–water partition coefficient (Wildman–Crippen LogP) is 2.71. The van der Waals surface area contributed by atoms with Gasteiger partial charge in [-0.05, 0) is 26.0 Å². The van der Waals surface area contributed by atoms with Crippen LogP contribution in [0.2, 0.25) is 0 Å². The lowest BCUT2D eigenvalue weighted by atomic mass is 10.2. The Morgan fingerprint density at radius 3 is 2.28 bits per heavy atom. The van der Waals surface area contributed by atoms with Gasteiger partial charge in [-0.3, -0.25) is 0 Å². The average Bonchev–Trinajstić information content (AvgIpc) is 2.27. The molecule has 2 atom stereocenters. The van der Waals surface area contributed by atoms with Crippen LogP contribution in [0.25, 0.3) is 0 Å². The van der Waals surface area contributed by atoms with Gasteiger partial charge < -0.3 is 9.64 Å². The van der Waals surface area contributed by atoms with E-state index < -0.39 is 11.7 Å². The highest BCUT2D eigenvalue weighted by Gasteiger charge is 2.31. The third-order valence-electron chi connectivity index (χ3n) is 2.82. The van der Waals surface area contributed by atoms with Gasteiger partial charge in [0.15, 0.2) is 0 Å². The van der Waals surface area contributed by atoms with Crippen LogP contribution in [0.15, 0.2) is 18.3 Å². The molecule has 2 rings (SSSR count). The first-order valence-corrected chi connectivity index (χ1v) is 5.80. The van der Waals surface area contributed by atoms with E-state index in [9.17, 15) is 13.2 Å². The van der Waals surface area contributed by atoms with E-state index in [2.05, 4.69) is 4.98 Å². The van der Waals surface area contributed by atoms with Gasteiger partial charge in [-0.25, -0.2) is 4.98 Å². The molecule has 18 heavy (non-hydrogen) atoms. The Morgan fingerprint density at radius 1 is 1.22 bits per heavy atom. The first-order chi connectivity index (χ1) is 8.36. The van der Waals surface area contributed by atoms with Crippen molar-refractivity contribution < 1.29 is 17.9 Å². The summed E-state index contributed by atoms with van der Waals surface area (Å²) in [6.45, 7) is 5.16. The topological polar surface area (TPSA) is 25.4 Å². The molecule has 1 aromatic heterocycles. The second kappa shape index (κ2) is 4.76. The van der Waals surface area contributed by atoms with Crippen LogP contribution in [0.4, 0.5) is 19.0 Å². The molecule has 1 aliphatic rings. The van der Waals surface area contributed by atoms with Crippen molar-refractivity contribution in [3.8, 4) is 0 Å². The Hall–Kier alpha value is -1.30. The molecular formula is C12H15F3N2O. The van der Waals surface area contributed by atoms with Crippen molar-refractivity contribution in [2.75, 3.05) is 18.0 Å². The molecule has 0 saturated carbocycles. The van der Waals surface area contributed by atoms with Crippen LogP contribution in [-0.2, 0) is 10.9 Å². The van der Waals surface area contributed by atoms with Gasteiger partial charge in [-0.2, -0.15) is 13.2 Å². The van der Waals surface area contributed by atoms with E-state index in [4.69, 9.17) is 4.74 Å². The third-order valence-corrected chi connectivity index (χ3v) is 2.82. The minimum atomic E-state index is -4.34. The number of hydrogen-bond donors (Lipinski definition) is 0. The molecule has 0 aromatic carbocycles. The van der Waals surface area contributed by atoms with Crippen molar-refractivity contribution in [1.82, 2.24) is 4.98 Å². The van der Waals surface area contributed by atoms with Crippen LogP contribution in [0.5, 0.6) is 0 Å². The molecule has 1 saturated heterocycles. The fraction of sp³-hybridized carbons (Fsp3) is 0.583. The minimum absolute atomic E-state index is 0.0536. The standard InChI is InChI=1S/C12H15F3N2O/c1-8-6-17(7-9(2)18-8)11-4-3-10(5-16-11)12(13,14)15/h3-5,8-9H,6-7H2,1-2H3/t8-,9+. The molecule has 0 amide bonds. The average molecular weight is 260 g/mol. The SMILES string of the molecule is C[C@@H]1CN(c2ccc(C(F)(F)F)cn2)C[C@H](C)O1. The van der Waals surface area contributed by atoms with Gasteiger partial charge >= 0.3 is 6.18 Å². The lowest BCUT2D eigenvalue weighted by Crippen LogP contribution is -2.45. The maximum absolute atomic E-state index is 12.4. The summed E-state index contributed by atoms with van der Waals surface area (Å²) in [7, 11) is 0. The zero-order valence-corrected chi connectivity index (χ0v) is 10.2. The molecule has 1 aromatic rings. The summed E-state index contributed by atoms with van der Waals surface area (Å²) in [5.41, 5.74) is -0.722. The molecule has 0 aliphatic carbocycles. The number of aromatic nitrogens is 1. The second-order valence-electron chi connectivity index (χ2n) is 4.57. The number of rotatable bonds is 1. The molecule has 1 aliphatic heterocycles. The third kappa shape index (κ3) is 2.93. The molecular weight excluding hydrogens is 245 g/mol. The summed E-state index contributed by atoms with van der Waals surface area (Å²) < 4.78 is 42.8. The van der Waals surface area contributed by atoms with E-state index in [0.29, 0.717) is 18.9 Å². The number of pyridine rings is 1. The molecule has 0 radical (unpaired) electrons. The summed E-state index contributed by atoms with van der Waals surface area (Å²) in [4.78, 5) is 5.83. The molecule has 0 unspecified atom stereocenters. The number of hydrogen-bond acceptors (Lipinski definition) is 3. The lowest BCUT2D eigenvalue weighted by molar-refractivity contribution is -0.137. The summed E-state index contributed by atoms with van der Waals surface area (Å²) in [6.07, 6.45) is -3.35. The van der Waals surface area contributed by atoms with Crippen LogP contribution in [0.1, 0.15) is 19.4 Å². The van der Waals surface area contributed by atoms with Crippen molar-refractivity contribution in [3.05, 3.63) is 23.9 Å². The molecule has 6 heteroatoms. The smallest absolute Gasteiger partial charge is 0.372 e. The zero-order chi connectivity index (χ0) is 13.3. The van der Waals surface area contributed by atoms with Gasteiger partial charge in [-0.15, -0.1) is 0 Å². The van der Waals surface area contributed by atoms with Gasteiger partial charge in [-0.1, -0.05) is 0 Å². The van der Waals surface area contributed by atoms with Crippen LogP contribution in [-0.4, -0.2) is 30.3 Å². The quantitative estimate of drug-likeness (QED) is 0.776. The molecule has 3 nitrogen and oxygen atoms in total. The predicted molar refractivity (Wildman–Crippen MR) is 61.5 cm³/mol. The summed E-state index contributed by atoms with van der Waals surface area (Å²) in [6, 6.07) is 2.47. The van der Waals surface area contributed by atoms with E-state index in [0.717, 1.165) is 12.3 Å². The van der Waals surface area contributed by atoms with Crippen molar-refractivity contribution >= 4 is 5.82 Å². The monoisotopic (exact) mass is 260 g/mol. The van der Waals surface area contributed by atoms with Gasteiger partial charge in [0.1, 0.15) is 5.82 Å². The molecule has 0 bridgehead atoms. The largest absolute Gasteiger partial charge is 0.417 e. The number of ether oxygens (including phenoxy) is 1. The normalized spacial score (nSPS) is 25.3. The summed E-state index contributed by atoms with van der Waals surface area (Å²) in [5, 5.41) is 0. The fourth-order valence-corrected chi connectivity index (χ4v) is 2.11. The minimum Gasteiger partial charge on any atom is -0.372 e. The number of nitrogens with zero attached hydrogens (tertiary/aromatic N) is 2. The molecule has 1 fully saturated rings. The van der Waals surface area contributed by atoms with E-state index in [1.807, 2.05) is 18.7 Å². The highest BCUT2D eigenvalue weighted by atomic mass is 19.4. The van der Waals surface area contributed by atoms with Crippen molar-refractivity contribution in [2.24, 2.45) is 0 Å². The second-order valence-corrected chi connectivity index (χ2v) is 4.57. The van der Waals surface area contributed by atoms with E-state index in [1.54, 1.807) is 0 Å². The Kier molecular flexibility index (Phi) is 3.47. The Bertz CT molecular complexity index is 395. The van der Waals surface area contributed by atoms with Crippen LogP contribution >= 0.6 is 0 Å². The maximum atomic E-state index is 12.4. The Labute approximate surface area is 104 Å². The van der Waals surface area contributed by atoms with Crippen LogP contribution in [0.3, 0.4) is 0 Å². The highest BCUT2D eigenvalue weighted by Crippen LogP contribution is 2.29. The number of halogens is 3. The van der Waals surface area contributed by atoms with Crippen LogP contribution in [0, 0.1) is 0 Å². The van der Waals surface area contributed by atoms with E-state index >= 15 is 0 Å². The zero-order valence-electron chi connectivity index (χ0n) is 10.2. The first-order valence-electron chi connectivity index (χ1n) is 5.80. The molecule has 0 N–H and O–H groups in total. The Morgan fingerprint density at radius 2 is 1.83 bits per heavy atom. The Balaban J connectivity index is 2.14. The molecule has 0 spiro atoms. The van der Waals surface area contributed by atoms with Crippen molar-refractivity contribution in [3.63, 3.8) is 0 Å². The number of alkyl halides is 3. The molecule has 2 heterocycles. The number of morpholine rings is 1. The van der Waals surface area contributed by atoms with Gasteiger partial charge in [0, 0.05) is 19.3 Å². The van der Waals surface area contributed by atoms with Gasteiger partial charge in [0.05, 0.1) is 17.8 Å². The van der Waals surface area contributed by atoms with Gasteiger partial charge in [0.2, 0.25) is 0 Å². The first kappa shape index (κ1) is 13.1. The fourth-order valence-electron chi connectivity index (χ4n) is 2.11. The summed E-state index contributed by atoms with van der Waals surface area (Å²) >= 11 is 0. The van der Waals surface area contributed by atoms with Gasteiger partial charge in [0.25, 0.3) is 0 Å². The number of anilines is 1. The van der Waals surface area contributed by atoms with E-state index in [-0.39, 0.29) is 12.2 Å². The lowest BCUT2D eigenvalue weighted by Gasteiger charge is -2.36. The van der Waals surface area contributed by atoms with Crippen molar-refractivity contribution in [2.45, 2.75) is 32.2 Å². The van der Waals surface area contributed by atoms with E-state index in [1.165, 1.54) is 6.07 Å². The summed E-state index contributed by atoms with van der Waals surface area (Å²) in [5.74, 6) is 0.560. The van der Waals surface area contributed by atoms with Crippen molar-refractivity contribution in [1.29, 1.82) is 0 Å². The highest BCUT2D eigenvalue weighted by molar-refractivity contribution is 5.40. The maximum Gasteiger partial charge on any atom is 0.417 e. The molecule has 100 valence electrons.